The molecular weight excluding hydrogens is 290 g/mol. The number of aryl methyl sites for hydroxylation is 1. The molecule has 1 aromatic rings. The molecule has 1 amide bonds. The first-order chi connectivity index (χ1) is 10.8. The third kappa shape index (κ3) is 4.93. The van der Waals surface area contributed by atoms with Gasteiger partial charge in [-0.25, -0.2) is 4.79 Å². The van der Waals surface area contributed by atoms with Crippen LogP contribution in [0.2, 0.25) is 0 Å². The van der Waals surface area contributed by atoms with Crippen molar-refractivity contribution in [2.75, 3.05) is 19.6 Å². The van der Waals surface area contributed by atoms with E-state index in [1.165, 1.54) is 5.56 Å². The number of hydrogen-bond acceptors (Lipinski definition) is 4. The first kappa shape index (κ1) is 17.7. The lowest BCUT2D eigenvalue weighted by Gasteiger charge is -2.27. The van der Waals surface area contributed by atoms with Gasteiger partial charge in [0.1, 0.15) is 5.60 Å². The van der Waals surface area contributed by atoms with Gasteiger partial charge in [-0.05, 0) is 58.2 Å². The smallest absolute Gasteiger partial charge is 0.410 e. The Hall–Kier alpha value is -1.62. The van der Waals surface area contributed by atoms with Gasteiger partial charge < -0.3 is 15.0 Å². The molecule has 0 spiro atoms. The molecule has 1 fully saturated rings. The van der Waals surface area contributed by atoms with Crippen LogP contribution in [0.3, 0.4) is 0 Å². The molecule has 1 aliphatic rings. The van der Waals surface area contributed by atoms with Gasteiger partial charge in [0.15, 0.2) is 0 Å². The van der Waals surface area contributed by atoms with E-state index in [0.717, 1.165) is 31.7 Å². The molecule has 23 heavy (non-hydrogen) atoms. The van der Waals surface area contributed by atoms with Crippen molar-refractivity contribution in [3.05, 3.63) is 29.6 Å². The summed E-state index contributed by atoms with van der Waals surface area (Å²) in [5.41, 5.74) is 1.76. The fourth-order valence-corrected chi connectivity index (χ4v) is 2.99. The van der Waals surface area contributed by atoms with Crippen LogP contribution in [0.15, 0.2) is 18.3 Å². The molecule has 1 N–H and O–H groups in total. The van der Waals surface area contributed by atoms with Crippen LogP contribution in [0.4, 0.5) is 4.79 Å². The van der Waals surface area contributed by atoms with Crippen molar-refractivity contribution >= 4 is 6.09 Å². The average molecular weight is 319 g/mol. The molecule has 2 heterocycles. The van der Waals surface area contributed by atoms with Crippen LogP contribution in [0.25, 0.3) is 0 Å². The van der Waals surface area contributed by atoms with Gasteiger partial charge in [-0.1, -0.05) is 13.0 Å². The Balaban J connectivity index is 2.04. The zero-order valence-corrected chi connectivity index (χ0v) is 14.9. The van der Waals surface area contributed by atoms with Crippen LogP contribution in [-0.2, 0) is 4.74 Å². The molecule has 128 valence electrons. The summed E-state index contributed by atoms with van der Waals surface area (Å²) in [6, 6.07) is 4.40. The van der Waals surface area contributed by atoms with Crippen LogP contribution >= 0.6 is 0 Å². The first-order valence-electron chi connectivity index (χ1n) is 8.44. The zero-order chi connectivity index (χ0) is 17.0. The predicted molar refractivity (Wildman–Crippen MR) is 91.3 cm³/mol. The molecule has 1 aliphatic heterocycles. The first-order valence-corrected chi connectivity index (χ1v) is 8.44. The number of hydrogen-bond donors (Lipinski definition) is 1. The maximum Gasteiger partial charge on any atom is 0.410 e. The van der Waals surface area contributed by atoms with Crippen molar-refractivity contribution in [1.29, 1.82) is 0 Å². The van der Waals surface area contributed by atoms with Gasteiger partial charge in [0.05, 0.1) is 0 Å². The molecular formula is C18H29N3O2. The number of aromatic nitrogens is 1. The van der Waals surface area contributed by atoms with Gasteiger partial charge in [0.25, 0.3) is 0 Å². The summed E-state index contributed by atoms with van der Waals surface area (Å²) in [5, 5.41) is 3.55. The van der Waals surface area contributed by atoms with E-state index in [-0.39, 0.29) is 12.1 Å². The molecule has 2 atom stereocenters. The van der Waals surface area contributed by atoms with Gasteiger partial charge in [0.2, 0.25) is 0 Å². The Labute approximate surface area is 139 Å². The second-order valence-corrected chi connectivity index (χ2v) is 7.24. The lowest BCUT2D eigenvalue weighted by atomic mass is 9.93. The van der Waals surface area contributed by atoms with Crippen molar-refractivity contribution in [2.24, 2.45) is 5.92 Å². The fourth-order valence-electron chi connectivity index (χ4n) is 2.99. The maximum atomic E-state index is 12.2. The number of rotatable bonds is 4. The number of carbonyl (C=O) groups is 1. The normalized spacial score (nSPS) is 19.7. The molecule has 0 saturated carbocycles. The number of likely N-dealkylation sites (tertiary alicyclic amines) is 1. The Kier molecular flexibility index (Phi) is 5.63. The van der Waals surface area contributed by atoms with E-state index in [9.17, 15) is 4.79 Å². The van der Waals surface area contributed by atoms with Crippen molar-refractivity contribution in [3.63, 3.8) is 0 Å². The zero-order valence-electron chi connectivity index (χ0n) is 14.9. The minimum atomic E-state index is -0.447. The Morgan fingerprint density at radius 2 is 2.22 bits per heavy atom. The summed E-state index contributed by atoms with van der Waals surface area (Å²) < 4.78 is 5.49. The van der Waals surface area contributed by atoms with Gasteiger partial charge >= 0.3 is 6.09 Å². The van der Waals surface area contributed by atoms with Crippen LogP contribution in [0.5, 0.6) is 0 Å². The second kappa shape index (κ2) is 7.30. The van der Waals surface area contributed by atoms with E-state index in [0.29, 0.717) is 5.92 Å². The quantitative estimate of drug-likeness (QED) is 0.925. The number of pyridine rings is 1. The highest BCUT2D eigenvalue weighted by molar-refractivity contribution is 5.68. The van der Waals surface area contributed by atoms with Crippen LogP contribution in [0, 0.1) is 12.8 Å². The summed E-state index contributed by atoms with van der Waals surface area (Å²) >= 11 is 0. The molecule has 1 saturated heterocycles. The van der Waals surface area contributed by atoms with Gasteiger partial charge in [-0.3, -0.25) is 4.98 Å². The number of amides is 1. The number of nitrogens with one attached hydrogen (secondary N) is 1. The molecule has 0 radical (unpaired) electrons. The van der Waals surface area contributed by atoms with Crippen molar-refractivity contribution in [3.8, 4) is 0 Å². The van der Waals surface area contributed by atoms with Gasteiger partial charge in [0, 0.05) is 31.0 Å². The van der Waals surface area contributed by atoms with Crippen molar-refractivity contribution in [2.45, 2.75) is 52.7 Å². The summed E-state index contributed by atoms with van der Waals surface area (Å²) in [7, 11) is 0. The monoisotopic (exact) mass is 319 g/mol. The third-order valence-electron chi connectivity index (χ3n) is 4.07. The topological polar surface area (TPSA) is 54.5 Å². The minimum absolute atomic E-state index is 0.211. The maximum absolute atomic E-state index is 12.2. The van der Waals surface area contributed by atoms with E-state index in [2.05, 4.69) is 23.3 Å². The number of nitrogens with zero attached hydrogens (tertiary/aromatic N) is 2. The summed E-state index contributed by atoms with van der Waals surface area (Å²) in [5.74, 6) is 0.381. The lowest BCUT2D eigenvalue weighted by molar-refractivity contribution is 0.0285. The Morgan fingerprint density at radius 1 is 1.48 bits per heavy atom. The predicted octanol–water partition coefficient (Wildman–Crippen LogP) is 3.30. The molecule has 2 unspecified atom stereocenters. The minimum Gasteiger partial charge on any atom is -0.444 e. The van der Waals surface area contributed by atoms with E-state index in [1.807, 2.05) is 44.9 Å². The van der Waals surface area contributed by atoms with E-state index in [4.69, 9.17) is 4.74 Å². The summed E-state index contributed by atoms with van der Waals surface area (Å²) in [6.45, 7) is 12.2. The van der Waals surface area contributed by atoms with Crippen LogP contribution in [-0.4, -0.2) is 41.2 Å². The standard InChI is InChI=1S/C18H29N3O2/c1-6-19-16(14-8-7-13(2)20-11-14)15-9-10-21(12-15)17(22)23-18(3,4)5/h7-8,11,15-16,19H,6,9-10,12H2,1-5H3. The lowest BCUT2D eigenvalue weighted by Crippen LogP contribution is -2.36. The van der Waals surface area contributed by atoms with E-state index < -0.39 is 5.60 Å². The molecule has 0 aliphatic carbocycles. The largest absolute Gasteiger partial charge is 0.444 e. The Morgan fingerprint density at radius 3 is 2.78 bits per heavy atom. The summed E-state index contributed by atoms with van der Waals surface area (Å²) in [6.07, 6.45) is 2.71. The van der Waals surface area contributed by atoms with Gasteiger partial charge in [-0.15, -0.1) is 0 Å². The number of carbonyl (C=O) groups excluding carboxylic acids is 1. The average Bonchev–Trinajstić information content (AvgIpc) is 2.94. The number of ether oxygens (including phenoxy) is 1. The third-order valence-corrected chi connectivity index (χ3v) is 4.07. The molecule has 2 rings (SSSR count). The highest BCUT2D eigenvalue weighted by Gasteiger charge is 2.34. The van der Waals surface area contributed by atoms with E-state index in [1.54, 1.807) is 0 Å². The van der Waals surface area contributed by atoms with E-state index >= 15 is 0 Å². The molecule has 0 bridgehead atoms. The van der Waals surface area contributed by atoms with Crippen LogP contribution in [0.1, 0.15) is 51.4 Å². The molecule has 0 aromatic carbocycles. The molecule has 1 aromatic heterocycles. The summed E-state index contributed by atoms with van der Waals surface area (Å²) in [4.78, 5) is 18.5. The highest BCUT2D eigenvalue weighted by atomic mass is 16.6. The second-order valence-electron chi connectivity index (χ2n) is 7.24. The van der Waals surface area contributed by atoms with Crippen molar-refractivity contribution in [1.82, 2.24) is 15.2 Å². The van der Waals surface area contributed by atoms with Crippen LogP contribution < -0.4 is 5.32 Å². The fraction of sp³-hybridized carbons (Fsp3) is 0.667. The SMILES string of the molecule is CCNC(c1ccc(C)nc1)C1CCN(C(=O)OC(C)(C)C)C1. The molecule has 5 heteroatoms. The van der Waals surface area contributed by atoms with Gasteiger partial charge in [-0.2, -0.15) is 0 Å². The van der Waals surface area contributed by atoms with Crippen molar-refractivity contribution < 1.29 is 9.53 Å². The molecule has 5 nitrogen and oxygen atoms in total. The Bertz CT molecular complexity index is 522. The highest BCUT2D eigenvalue weighted by Crippen LogP contribution is 2.30.